The summed E-state index contributed by atoms with van der Waals surface area (Å²) in [6.45, 7) is 2.22. The van der Waals surface area contributed by atoms with Crippen molar-refractivity contribution >= 4 is 39.5 Å². The summed E-state index contributed by atoms with van der Waals surface area (Å²) in [7, 11) is 1.61. The van der Waals surface area contributed by atoms with Gasteiger partial charge in [-0.3, -0.25) is 4.99 Å². The van der Waals surface area contributed by atoms with Crippen molar-refractivity contribution in [2.45, 2.75) is 23.6 Å². The van der Waals surface area contributed by atoms with Crippen molar-refractivity contribution in [3.05, 3.63) is 53.5 Å². The van der Waals surface area contributed by atoms with Gasteiger partial charge < -0.3 is 15.8 Å². The third kappa shape index (κ3) is 3.46. The van der Waals surface area contributed by atoms with Crippen LogP contribution in [-0.4, -0.2) is 38.6 Å². The van der Waals surface area contributed by atoms with Crippen LogP contribution in [0.1, 0.15) is 24.5 Å². The highest BCUT2D eigenvalue weighted by atomic mass is 32.2. The molecule has 1 fully saturated rings. The normalized spacial score (nSPS) is 25.8. The minimum Gasteiger partial charge on any atom is -0.383 e. The van der Waals surface area contributed by atoms with Crippen LogP contribution in [0.3, 0.4) is 0 Å². The van der Waals surface area contributed by atoms with Crippen LogP contribution in [-0.2, 0) is 10.3 Å². The minimum absolute atomic E-state index is 0.0580. The van der Waals surface area contributed by atoms with E-state index < -0.39 is 17.2 Å². The van der Waals surface area contributed by atoms with Crippen LogP contribution in [0.2, 0.25) is 0 Å². The average Bonchev–Trinajstić information content (AvgIpc) is 3.50. The maximum Gasteiger partial charge on any atom is 0.164 e. The van der Waals surface area contributed by atoms with Gasteiger partial charge in [-0.05, 0) is 25.5 Å². The number of nitrogens with zero attached hydrogens (tertiary/aromatic N) is 5. The number of aliphatic imine (C=N–C) groups is 1. The smallest absolute Gasteiger partial charge is 0.164 e. The molecule has 2 aromatic heterocycles. The Balaban J connectivity index is 1.57. The summed E-state index contributed by atoms with van der Waals surface area (Å²) >= 11 is 1.43. The Bertz CT molecular complexity index is 1360. The van der Waals surface area contributed by atoms with E-state index in [0.29, 0.717) is 34.2 Å². The number of fused-ring (bicyclic) bond motifs is 2. The van der Waals surface area contributed by atoms with Crippen LogP contribution in [0.4, 0.5) is 20.3 Å². The Kier molecular flexibility index (Phi) is 4.95. The molecule has 11 heteroatoms. The number of nitriles is 1. The second-order valence-electron chi connectivity index (χ2n) is 8.32. The molecular formula is C22H19F2N7OS. The standard InChI is InChI=1S/C22H19F2N7OS/c1-21(16-6-22(16,9-32-2)33-20(26)31-21)13-4-12(5-14(23)17(13)24)30-19-18-15(28-10-29-19)3-11(7-25)8-27-18/h3-5,8,10,16H,6,9H2,1-2H3,(H2,26,31)(H,28,29,30)/t16-,21-,22+/m0/s1. The SMILES string of the molecule is COC[C@]12C[C@H]1[C@](C)(c1cc(Nc3ncnc4cc(C#N)cnc34)cc(F)c1F)N=C(N)S2. The lowest BCUT2D eigenvalue weighted by atomic mass is 9.85. The number of rotatable bonds is 5. The van der Waals surface area contributed by atoms with Gasteiger partial charge in [0.1, 0.15) is 17.9 Å². The highest BCUT2D eigenvalue weighted by Crippen LogP contribution is 2.66. The molecule has 3 aromatic rings. The molecule has 0 radical (unpaired) electrons. The van der Waals surface area contributed by atoms with Crippen LogP contribution in [0.15, 0.2) is 35.7 Å². The van der Waals surface area contributed by atoms with Gasteiger partial charge in [0.25, 0.3) is 0 Å². The maximum atomic E-state index is 15.1. The van der Waals surface area contributed by atoms with Gasteiger partial charge in [-0.15, -0.1) is 0 Å². The molecule has 0 unspecified atom stereocenters. The maximum absolute atomic E-state index is 15.1. The Morgan fingerprint density at radius 2 is 2.12 bits per heavy atom. The van der Waals surface area contributed by atoms with E-state index in [1.54, 1.807) is 20.1 Å². The lowest BCUT2D eigenvalue weighted by Crippen LogP contribution is -2.37. The summed E-state index contributed by atoms with van der Waals surface area (Å²) in [6, 6.07) is 6.16. The van der Waals surface area contributed by atoms with E-state index >= 15 is 4.39 Å². The van der Waals surface area contributed by atoms with Crippen LogP contribution < -0.4 is 11.1 Å². The number of amidine groups is 1. The van der Waals surface area contributed by atoms with Crippen LogP contribution in [0.25, 0.3) is 11.0 Å². The number of nitrogens with two attached hydrogens (primary N) is 1. The van der Waals surface area contributed by atoms with Crippen molar-refractivity contribution in [3.8, 4) is 6.07 Å². The third-order valence-electron chi connectivity index (χ3n) is 6.18. The Labute approximate surface area is 192 Å². The number of hydrogen-bond acceptors (Lipinski definition) is 9. The highest BCUT2D eigenvalue weighted by Gasteiger charge is 2.66. The quantitative estimate of drug-likeness (QED) is 0.584. The molecule has 1 aromatic carbocycles. The number of benzene rings is 1. The molecular weight excluding hydrogens is 448 g/mol. The van der Waals surface area contributed by atoms with Gasteiger partial charge in [-0.25, -0.2) is 23.7 Å². The molecule has 3 heterocycles. The fraction of sp³-hybridized carbons (Fsp3) is 0.318. The number of hydrogen-bond donors (Lipinski definition) is 2. The fourth-order valence-corrected chi connectivity index (χ4v) is 6.04. The number of nitrogens with one attached hydrogen (secondary N) is 1. The first-order valence-corrected chi connectivity index (χ1v) is 10.9. The van der Waals surface area contributed by atoms with Crippen molar-refractivity contribution in [2.24, 2.45) is 16.6 Å². The molecule has 0 saturated heterocycles. The molecule has 1 aliphatic heterocycles. The summed E-state index contributed by atoms with van der Waals surface area (Å²) in [5.74, 6) is -1.74. The summed E-state index contributed by atoms with van der Waals surface area (Å²) in [5.41, 5.74) is 6.62. The minimum atomic E-state index is -1.05. The Morgan fingerprint density at radius 3 is 2.88 bits per heavy atom. The largest absolute Gasteiger partial charge is 0.383 e. The van der Waals surface area contributed by atoms with Gasteiger partial charge in [0.05, 0.1) is 28.0 Å². The summed E-state index contributed by atoms with van der Waals surface area (Å²) in [5, 5.41) is 12.4. The molecule has 5 rings (SSSR count). The van der Waals surface area contributed by atoms with Gasteiger partial charge in [-0.2, -0.15) is 5.26 Å². The molecule has 2 aliphatic rings. The molecule has 1 aliphatic carbocycles. The zero-order valence-corrected chi connectivity index (χ0v) is 18.6. The molecule has 168 valence electrons. The topological polar surface area (TPSA) is 122 Å². The Morgan fingerprint density at radius 1 is 1.30 bits per heavy atom. The molecule has 0 amide bonds. The van der Waals surface area contributed by atoms with Crippen LogP contribution in [0, 0.1) is 28.9 Å². The number of ether oxygens (including phenoxy) is 1. The number of thioether (sulfide) groups is 1. The van der Waals surface area contributed by atoms with E-state index in [1.807, 2.05) is 6.07 Å². The van der Waals surface area contributed by atoms with E-state index in [-0.39, 0.29) is 21.9 Å². The first-order chi connectivity index (χ1) is 15.8. The summed E-state index contributed by atoms with van der Waals surface area (Å²) in [6.07, 6.45) is 3.43. The lowest BCUT2D eigenvalue weighted by Gasteiger charge is -2.34. The molecule has 1 saturated carbocycles. The van der Waals surface area contributed by atoms with E-state index in [1.165, 1.54) is 30.4 Å². The van der Waals surface area contributed by atoms with Gasteiger partial charge in [0.2, 0.25) is 0 Å². The van der Waals surface area contributed by atoms with Crippen molar-refractivity contribution in [2.75, 3.05) is 19.0 Å². The van der Waals surface area contributed by atoms with Crippen molar-refractivity contribution < 1.29 is 13.5 Å². The zero-order chi connectivity index (χ0) is 23.4. The van der Waals surface area contributed by atoms with E-state index in [2.05, 4.69) is 25.3 Å². The number of aromatic nitrogens is 3. The predicted molar refractivity (Wildman–Crippen MR) is 121 cm³/mol. The molecule has 3 atom stereocenters. The van der Waals surface area contributed by atoms with E-state index in [9.17, 15) is 4.39 Å². The second kappa shape index (κ2) is 7.60. The fourth-order valence-electron chi connectivity index (χ4n) is 4.59. The number of methoxy groups -OCH3 is 1. The lowest BCUT2D eigenvalue weighted by molar-refractivity contribution is 0.184. The summed E-state index contributed by atoms with van der Waals surface area (Å²) in [4.78, 5) is 17.1. The molecule has 8 nitrogen and oxygen atoms in total. The first kappa shape index (κ1) is 21.5. The molecule has 33 heavy (non-hydrogen) atoms. The van der Waals surface area contributed by atoms with Gasteiger partial charge in [0.15, 0.2) is 22.6 Å². The van der Waals surface area contributed by atoms with E-state index in [0.717, 1.165) is 12.5 Å². The van der Waals surface area contributed by atoms with Crippen LogP contribution >= 0.6 is 11.8 Å². The molecule has 0 spiro atoms. The van der Waals surface area contributed by atoms with Gasteiger partial charge in [-0.1, -0.05) is 11.8 Å². The first-order valence-electron chi connectivity index (χ1n) is 10.1. The number of anilines is 2. The van der Waals surface area contributed by atoms with Crippen molar-refractivity contribution in [3.63, 3.8) is 0 Å². The molecule has 0 bridgehead atoms. The number of halogens is 2. The van der Waals surface area contributed by atoms with Crippen molar-refractivity contribution in [1.29, 1.82) is 5.26 Å². The monoisotopic (exact) mass is 467 g/mol. The van der Waals surface area contributed by atoms with E-state index in [4.69, 9.17) is 15.7 Å². The van der Waals surface area contributed by atoms with Gasteiger partial charge >= 0.3 is 0 Å². The second-order valence-corrected chi connectivity index (χ2v) is 9.76. The number of pyridine rings is 1. The van der Waals surface area contributed by atoms with Crippen LogP contribution in [0.5, 0.6) is 0 Å². The average molecular weight is 468 g/mol. The third-order valence-corrected chi connectivity index (χ3v) is 7.46. The zero-order valence-electron chi connectivity index (χ0n) is 17.8. The van der Waals surface area contributed by atoms with Crippen molar-refractivity contribution in [1.82, 2.24) is 15.0 Å². The predicted octanol–water partition coefficient (Wildman–Crippen LogP) is 3.60. The molecule has 3 N–H and O–H groups in total. The Hall–Kier alpha value is -3.36. The highest BCUT2D eigenvalue weighted by molar-refractivity contribution is 8.15. The summed E-state index contributed by atoms with van der Waals surface area (Å²) < 4.78 is 34.9. The van der Waals surface area contributed by atoms with Gasteiger partial charge in [0, 0.05) is 36.5 Å².